The van der Waals surface area contributed by atoms with E-state index in [0.717, 1.165) is 11.1 Å². The molecule has 0 amide bonds. The number of aliphatic carboxylic acids is 1. The van der Waals surface area contributed by atoms with Gasteiger partial charge in [-0.2, -0.15) is 5.26 Å². The van der Waals surface area contributed by atoms with Crippen LogP contribution in [0.2, 0.25) is 5.02 Å². The summed E-state index contributed by atoms with van der Waals surface area (Å²) in [6, 6.07) is 10.4. The lowest BCUT2D eigenvalue weighted by molar-refractivity contribution is -0.132. The second-order valence-corrected chi connectivity index (χ2v) is 4.55. The molecule has 0 saturated heterocycles. The Morgan fingerprint density at radius 2 is 2.15 bits per heavy atom. The molecule has 0 spiro atoms. The smallest absolute Gasteiger partial charge is 0.346 e. The molecule has 100 valence electrons. The van der Waals surface area contributed by atoms with Gasteiger partial charge in [0, 0.05) is 16.7 Å². The third-order valence-corrected chi connectivity index (χ3v) is 3.13. The largest absolute Gasteiger partial charge is 0.477 e. The molecule has 2 rings (SSSR count). The van der Waals surface area contributed by atoms with Crippen LogP contribution in [0.3, 0.4) is 0 Å². The molecule has 0 bridgehead atoms. The molecule has 0 unspecified atom stereocenters. The van der Waals surface area contributed by atoms with E-state index in [0.29, 0.717) is 16.5 Å². The van der Waals surface area contributed by atoms with Gasteiger partial charge in [0.2, 0.25) is 0 Å². The van der Waals surface area contributed by atoms with Crippen LogP contribution in [0.5, 0.6) is 0 Å². The zero-order chi connectivity index (χ0) is 14.7. The van der Waals surface area contributed by atoms with Gasteiger partial charge in [0.05, 0.1) is 0 Å². The lowest BCUT2D eigenvalue weighted by Gasteiger charge is -2.00. The molecule has 2 aromatic rings. The van der Waals surface area contributed by atoms with Crippen molar-refractivity contribution in [1.82, 2.24) is 0 Å². The number of rotatable bonds is 3. The molecule has 0 fully saturated rings. The van der Waals surface area contributed by atoms with Crippen molar-refractivity contribution >= 4 is 23.6 Å². The lowest BCUT2D eigenvalue weighted by atomic mass is 10.1. The van der Waals surface area contributed by atoms with Gasteiger partial charge in [0.25, 0.3) is 0 Å². The molecule has 1 heterocycles. The van der Waals surface area contributed by atoms with E-state index < -0.39 is 5.97 Å². The monoisotopic (exact) mass is 287 g/mol. The molecule has 0 radical (unpaired) electrons. The van der Waals surface area contributed by atoms with Crippen molar-refractivity contribution < 1.29 is 14.3 Å². The molecule has 4 nitrogen and oxygen atoms in total. The fraction of sp³-hybridized carbons (Fsp3) is 0.0667. The molecule has 5 heteroatoms. The Bertz CT molecular complexity index is 738. The van der Waals surface area contributed by atoms with E-state index in [4.69, 9.17) is 26.4 Å². The van der Waals surface area contributed by atoms with Gasteiger partial charge in [0.1, 0.15) is 23.2 Å². The Morgan fingerprint density at radius 1 is 1.40 bits per heavy atom. The van der Waals surface area contributed by atoms with Crippen LogP contribution >= 0.6 is 11.6 Å². The van der Waals surface area contributed by atoms with Gasteiger partial charge in [-0.05, 0) is 30.7 Å². The van der Waals surface area contributed by atoms with Crippen LogP contribution in [-0.4, -0.2) is 11.1 Å². The number of nitriles is 1. The summed E-state index contributed by atoms with van der Waals surface area (Å²) in [5.74, 6) is -0.430. The van der Waals surface area contributed by atoms with Crippen molar-refractivity contribution in [2.24, 2.45) is 0 Å². The third-order valence-electron chi connectivity index (χ3n) is 2.72. The maximum atomic E-state index is 10.7. The molecule has 20 heavy (non-hydrogen) atoms. The summed E-state index contributed by atoms with van der Waals surface area (Å²) >= 11 is 6.04. The highest BCUT2D eigenvalue weighted by Gasteiger charge is 2.09. The summed E-state index contributed by atoms with van der Waals surface area (Å²) < 4.78 is 5.50. The zero-order valence-electron chi connectivity index (χ0n) is 10.6. The van der Waals surface area contributed by atoms with Crippen molar-refractivity contribution in [3.63, 3.8) is 0 Å². The summed E-state index contributed by atoms with van der Waals surface area (Å²) in [4.78, 5) is 10.7. The minimum Gasteiger partial charge on any atom is -0.477 e. The summed E-state index contributed by atoms with van der Waals surface area (Å²) in [5, 5.41) is 18.1. The average Bonchev–Trinajstić information content (AvgIpc) is 2.87. The van der Waals surface area contributed by atoms with E-state index in [2.05, 4.69) is 0 Å². The first-order chi connectivity index (χ1) is 9.51. The minimum absolute atomic E-state index is 0.302. The Labute approximate surface area is 120 Å². The zero-order valence-corrected chi connectivity index (χ0v) is 11.3. The molecular weight excluding hydrogens is 278 g/mol. The second kappa shape index (κ2) is 5.64. The first-order valence-electron chi connectivity index (χ1n) is 5.72. The number of hydrogen-bond acceptors (Lipinski definition) is 3. The first kappa shape index (κ1) is 13.9. The van der Waals surface area contributed by atoms with Crippen LogP contribution in [0.1, 0.15) is 11.3 Å². The Kier molecular flexibility index (Phi) is 3.92. The van der Waals surface area contributed by atoms with Gasteiger partial charge >= 0.3 is 5.97 Å². The topological polar surface area (TPSA) is 74.2 Å². The summed E-state index contributed by atoms with van der Waals surface area (Å²) in [7, 11) is 0. The van der Waals surface area contributed by atoms with E-state index >= 15 is 0 Å². The maximum Gasteiger partial charge on any atom is 0.346 e. The second-order valence-electron chi connectivity index (χ2n) is 4.14. The summed E-state index contributed by atoms with van der Waals surface area (Å²) in [6.45, 7) is 1.90. The molecule has 0 aliphatic heterocycles. The number of carboxylic acid groups (broad SMARTS) is 1. The number of carbonyl (C=O) groups is 1. The maximum absolute atomic E-state index is 10.7. The molecule has 1 aromatic heterocycles. The van der Waals surface area contributed by atoms with Gasteiger partial charge < -0.3 is 9.52 Å². The van der Waals surface area contributed by atoms with Crippen molar-refractivity contribution in [3.05, 3.63) is 52.3 Å². The van der Waals surface area contributed by atoms with Crippen LogP contribution in [0.4, 0.5) is 0 Å². The predicted octanol–water partition coefficient (Wildman–Crippen LogP) is 3.90. The van der Waals surface area contributed by atoms with Gasteiger partial charge in [-0.25, -0.2) is 4.79 Å². The summed E-state index contributed by atoms with van der Waals surface area (Å²) in [5.41, 5.74) is 1.36. The van der Waals surface area contributed by atoms with E-state index in [-0.39, 0.29) is 5.57 Å². The van der Waals surface area contributed by atoms with Crippen LogP contribution in [0.15, 0.2) is 40.3 Å². The Morgan fingerprint density at radius 3 is 2.75 bits per heavy atom. The van der Waals surface area contributed by atoms with Crippen LogP contribution in [0, 0.1) is 18.3 Å². The number of nitrogens with zero attached hydrogens (tertiary/aromatic N) is 1. The molecule has 1 N–H and O–H groups in total. The number of hydrogen-bond donors (Lipinski definition) is 1. The first-order valence-corrected chi connectivity index (χ1v) is 6.10. The summed E-state index contributed by atoms with van der Waals surface area (Å²) in [6.07, 6.45) is 1.18. The van der Waals surface area contributed by atoms with Gasteiger partial charge in [-0.1, -0.05) is 23.7 Å². The molecule has 0 atom stereocenters. The average molecular weight is 288 g/mol. The van der Waals surface area contributed by atoms with E-state index in [1.807, 2.05) is 19.1 Å². The van der Waals surface area contributed by atoms with Gasteiger partial charge in [-0.3, -0.25) is 0 Å². The van der Waals surface area contributed by atoms with Gasteiger partial charge in [-0.15, -0.1) is 0 Å². The number of benzene rings is 1. The number of carboxylic acids is 1. The van der Waals surface area contributed by atoms with Crippen molar-refractivity contribution in [3.8, 4) is 17.4 Å². The quantitative estimate of drug-likeness (QED) is 0.686. The SMILES string of the molecule is Cc1ccc(-c2ccc(/C=C(\C#N)C(=O)O)o2)cc1Cl. The lowest BCUT2D eigenvalue weighted by Crippen LogP contribution is -1.96. The third kappa shape index (κ3) is 2.90. The van der Waals surface area contributed by atoms with Gasteiger partial charge in [0.15, 0.2) is 0 Å². The van der Waals surface area contributed by atoms with Crippen LogP contribution in [-0.2, 0) is 4.79 Å². The molecule has 0 saturated carbocycles. The highest BCUT2D eigenvalue weighted by atomic mass is 35.5. The standard InChI is InChI=1S/C15H10ClNO3/c1-9-2-3-10(7-13(9)16)14-5-4-12(20-14)6-11(8-17)15(18)19/h2-7H,1H3,(H,18,19)/b11-6+. The molecule has 0 aliphatic carbocycles. The van der Waals surface area contributed by atoms with Crippen LogP contribution in [0.25, 0.3) is 17.4 Å². The van der Waals surface area contributed by atoms with Crippen molar-refractivity contribution in [1.29, 1.82) is 5.26 Å². The minimum atomic E-state index is -1.29. The number of aryl methyl sites for hydroxylation is 1. The normalized spacial score (nSPS) is 11.2. The van der Waals surface area contributed by atoms with Crippen molar-refractivity contribution in [2.45, 2.75) is 6.92 Å². The van der Waals surface area contributed by atoms with E-state index in [1.54, 1.807) is 24.3 Å². The van der Waals surface area contributed by atoms with Crippen LogP contribution < -0.4 is 0 Å². The number of halogens is 1. The van der Waals surface area contributed by atoms with Crippen molar-refractivity contribution in [2.75, 3.05) is 0 Å². The van der Waals surface area contributed by atoms with E-state index in [9.17, 15) is 4.79 Å². The fourth-order valence-corrected chi connectivity index (χ4v) is 1.80. The fourth-order valence-electron chi connectivity index (χ4n) is 1.62. The van der Waals surface area contributed by atoms with E-state index in [1.165, 1.54) is 6.08 Å². The molecule has 0 aliphatic rings. The highest BCUT2D eigenvalue weighted by molar-refractivity contribution is 6.31. The molecular formula is C15H10ClNO3. The predicted molar refractivity (Wildman–Crippen MR) is 75.1 cm³/mol. The Balaban J connectivity index is 2.36. The Hall–Kier alpha value is -2.51. The highest BCUT2D eigenvalue weighted by Crippen LogP contribution is 2.27. The molecule has 1 aromatic carbocycles. The number of furan rings is 1.